The van der Waals surface area contributed by atoms with Crippen LogP contribution in [0.4, 0.5) is 0 Å². The fourth-order valence-corrected chi connectivity index (χ4v) is 2.84. The van der Waals surface area contributed by atoms with Gasteiger partial charge in [0.15, 0.2) is 0 Å². The molecule has 4 aromatic rings. The maximum Gasteiger partial charge on any atom is 0.149 e. The largest absolute Gasteiger partial charge is 0.505 e. The molecule has 0 saturated carbocycles. The molecule has 2 heterocycles. The van der Waals surface area contributed by atoms with E-state index in [1.165, 1.54) is 0 Å². The van der Waals surface area contributed by atoms with Crippen LogP contribution in [0.2, 0.25) is 0 Å². The lowest BCUT2D eigenvalue weighted by molar-refractivity contribution is 0.477. The van der Waals surface area contributed by atoms with Gasteiger partial charge in [-0.1, -0.05) is 60.7 Å². The maximum absolute atomic E-state index is 10.9. The van der Waals surface area contributed by atoms with Gasteiger partial charge in [0.25, 0.3) is 0 Å². The molecule has 25 heavy (non-hydrogen) atoms. The lowest BCUT2D eigenvalue weighted by atomic mass is 9.99. The van der Waals surface area contributed by atoms with Crippen molar-refractivity contribution in [2.45, 2.75) is 0 Å². The van der Waals surface area contributed by atoms with Gasteiger partial charge in [0.05, 0.1) is 5.69 Å². The third-order valence-electron chi connectivity index (χ3n) is 4.10. The summed E-state index contributed by atoms with van der Waals surface area (Å²) < 4.78 is 0. The van der Waals surface area contributed by atoms with Crippen LogP contribution >= 0.6 is 0 Å². The van der Waals surface area contributed by atoms with E-state index in [4.69, 9.17) is 4.98 Å². The molecule has 0 amide bonds. The first-order valence-corrected chi connectivity index (χ1v) is 8.08. The van der Waals surface area contributed by atoms with Crippen LogP contribution in [0.5, 0.6) is 5.75 Å². The van der Waals surface area contributed by atoms with Gasteiger partial charge in [-0.25, -0.2) is 4.98 Å². The first-order chi connectivity index (χ1) is 12.3. The molecule has 3 heteroatoms. The zero-order valence-electron chi connectivity index (χ0n) is 13.5. The van der Waals surface area contributed by atoms with E-state index in [-0.39, 0.29) is 5.75 Å². The van der Waals surface area contributed by atoms with E-state index in [9.17, 15) is 5.11 Å². The summed E-state index contributed by atoms with van der Waals surface area (Å²) in [5, 5.41) is 10.9. The van der Waals surface area contributed by atoms with Crippen molar-refractivity contribution >= 4 is 0 Å². The SMILES string of the molecule is Oc1c(-c2ccncc2)cc(-c2ccccc2)nc1-c1ccccc1. The summed E-state index contributed by atoms with van der Waals surface area (Å²) in [6, 6.07) is 25.4. The van der Waals surface area contributed by atoms with Crippen LogP contribution in [0.3, 0.4) is 0 Å². The Morgan fingerprint density at radius 2 is 1.24 bits per heavy atom. The summed E-state index contributed by atoms with van der Waals surface area (Å²) in [4.78, 5) is 8.80. The molecule has 120 valence electrons. The van der Waals surface area contributed by atoms with Crippen molar-refractivity contribution < 1.29 is 5.11 Å². The molecule has 4 rings (SSSR count). The molecule has 0 atom stereocenters. The number of hydrogen-bond acceptors (Lipinski definition) is 3. The Balaban J connectivity index is 1.98. The van der Waals surface area contributed by atoms with E-state index in [2.05, 4.69) is 4.98 Å². The Morgan fingerprint density at radius 3 is 1.88 bits per heavy atom. The van der Waals surface area contributed by atoms with Crippen LogP contribution in [0.25, 0.3) is 33.6 Å². The fraction of sp³-hybridized carbons (Fsp3) is 0. The monoisotopic (exact) mass is 324 g/mol. The van der Waals surface area contributed by atoms with E-state index >= 15 is 0 Å². The highest BCUT2D eigenvalue weighted by Crippen LogP contribution is 2.39. The second-order valence-corrected chi connectivity index (χ2v) is 5.72. The highest BCUT2D eigenvalue weighted by Gasteiger charge is 2.15. The van der Waals surface area contributed by atoms with Crippen molar-refractivity contribution in [3.05, 3.63) is 91.3 Å². The molecule has 0 aliphatic rings. The summed E-state index contributed by atoms with van der Waals surface area (Å²) in [7, 11) is 0. The number of pyridine rings is 2. The number of hydrogen-bond donors (Lipinski definition) is 1. The third-order valence-corrected chi connectivity index (χ3v) is 4.10. The number of benzene rings is 2. The normalized spacial score (nSPS) is 10.6. The lowest BCUT2D eigenvalue weighted by Gasteiger charge is -2.13. The van der Waals surface area contributed by atoms with E-state index in [1.807, 2.05) is 78.9 Å². The second-order valence-electron chi connectivity index (χ2n) is 5.72. The lowest BCUT2D eigenvalue weighted by Crippen LogP contribution is -1.92. The third kappa shape index (κ3) is 3.00. The van der Waals surface area contributed by atoms with Crippen molar-refractivity contribution in [1.82, 2.24) is 9.97 Å². The topological polar surface area (TPSA) is 46.0 Å². The first kappa shape index (κ1) is 15.1. The Morgan fingerprint density at radius 1 is 0.640 bits per heavy atom. The smallest absolute Gasteiger partial charge is 0.149 e. The summed E-state index contributed by atoms with van der Waals surface area (Å²) >= 11 is 0. The number of nitrogens with zero attached hydrogens (tertiary/aromatic N) is 2. The number of rotatable bonds is 3. The van der Waals surface area contributed by atoms with Gasteiger partial charge in [0, 0.05) is 29.1 Å². The molecule has 0 fully saturated rings. The minimum atomic E-state index is 0.178. The molecule has 0 unspecified atom stereocenters. The van der Waals surface area contributed by atoms with Crippen molar-refractivity contribution in [2.24, 2.45) is 0 Å². The summed E-state index contributed by atoms with van der Waals surface area (Å²) in [5.41, 5.74) is 4.94. The average Bonchev–Trinajstić information content (AvgIpc) is 2.70. The summed E-state index contributed by atoms with van der Waals surface area (Å²) in [6.45, 7) is 0. The van der Waals surface area contributed by atoms with Gasteiger partial charge in [0.1, 0.15) is 11.4 Å². The zero-order valence-corrected chi connectivity index (χ0v) is 13.5. The van der Waals surface area contributed by atoms with E-state index in [1.54, 1.807) is 12.4 Å². The molecule has 0 spiro atoms. The molecule has 1 N–H and O–H groups in total. The Kier molecular flexibility index (Phi) is 3.97. The molecule has 0 bridgehead atoms. The molecule has 0 aliphatic carbocycles. The molecule has 2 aromatic carbocycles. The Labute approximate surface area is 146 Å². The fourth-order valence-electron chi connectivity index (χ4n) is 2.84. The standard InChI is InChI=1S/C22H16N2O/c25-22-19(16-11-13-23-14-12-16)15-20(17-7-3-1-4-8-17)24-21(22)18-9-5-2-6-10-18/h1-15,25H. The summed E-state index contributed by atoms with van der Waals surface area (Å²) in [6.07, 6.45) is 3.44. The Bertz CT molecular complexity index is 924. The Hall–Kier alpha value is -3.46. The van der Waals surface area contributed by atoms with Crippen LogP contribution in [0.15, 0.2) is 91.3 Å². The van der Waals surface area contributed by atoms with Gasteiger partial charge < -0.3 is 5.11 Å². The van der Waals surface area contributed by atoms with E-state index in [0.29, 0.717) is 5.69 Å². The number of aromatic hydroxyl groups is 1. The molecule has 2 aromatic heterocycles. The van der Waals surface area contributed by atoms with E-state index < -0.39 is 0 Å². The van der Waals surface area contributed by atoms with Gasteiger partial charge in [-0.3, -0.25) is 4.98 Å². The molecule has 0 saturated heterocycles. The summed E-state index contributed by atoms with van der Waals surface area (Å²) in [5.74, 6) is 0.178. The van der Waals surface area contributed by atoms with Gasteiger partial charge in [-0.05, 0) is 23.8 Å². The predicted octanol–water partition coefficient (Wildman–Crippen LogP) is 5.18. The minimum Gasteiger partial charge on any atom is -0.505 e. The van der Waals surface area contributed by atoms with Crippen LogP contribution < -0.4 is 0 Å². The van der Waals surface area contributed by atoms with Crippen LogP contribution in [-0.2, 0) is 0 Å². The minimum absolute atomic E-state index is 0.178. The van der Waals surface area contributed by atoms with Crippen LogP contribution in [0, 0.1) is 0 Å². The average molecular weight is 324 g/mol. The van der Waals surface area contributed by atoms with Gasteiger partial charge >= 0.3 is 0 Å². The van der Waals surface area contributed by atoms with Crippen molar-refractivity contribution in [3.63, 3.8) is 0 Å². The predicted molar refractivity (Wildman–Crippen MR) is 100 cm³/mol. The van der Waals surface area contributed by atoms with Crippen molar-refractivity contribution in [3.8, 4) is 39.4 Å². The first-order valence-electron chi connectivity index (χ1n) is 8.08. The zero-order chi connectivity index (χ0) is 17.1. The van der Waals surface area contributed by atoms with Gasteiger partial charge in [-0.2, -0.15) is 0 Å². The molecular weight excluding hydrogens is 308 g/mol. The molecular formula is C22H16N2O. The quantitative estimate of drug-likeness (QED) is 0.564. The van der Waals surface area contributed by atoms with E-state index in [0.717, 1.165) is 27.9 Å². The van der Waals surface area contributed by atoms with Gasteiger partial charge in [0.2, 0.25) is 0 Å². The molecule has 3 nitrogen and oxygen atoms in total. The molecule has 0 aliphatic heterocycles. The van der Waals surface area contributed by atoms with Gasteiger partial charge in [-0.15, -0.1) is 0 Å². The van der Waals surface area contributed by atoms with Crippen molar-refractivity contribution in [2.75, 3.05) is 0 Å². The second kappa shape index (κ2) is 6.57. The molecule has 0 radical (unpaired) electrons. The van der Waals surface area contributed by atoms with Crippen LogP contribution in [-0.4, -0.2) is 15.1 Å². The highest BCUT2D eigenvalue weighted by atomic mass is 16.3. The highest BCUT2D eigenvalue weighted by molar-refractivity contribution is 5.83. The maximum atomic E-state index is 10.9. The van der Waals surface area contributed by atoms with Crippen LogP contribution in [0.1, 0.15) is 0 Å². The number of aromatic nitrogens is 2. The van der Waals surface area contributed by atoms with Crippen molar-refractivity contribution in [1.29, 1.82) is 0 Å².